The number of fused-ring (bicyclic) bond motifs is 1. The van der Waals surface area contributed by atoms with Gasteiger partial charge in [-0.15, -0.1) is 11.3 Å². The molecule has 0 atom stereocenters. The number of thiophene rings is 1. The van der Waals surface area contributed by atoms with Gasteiger partial charge in [0, 0.05) is 53.7 Å². The predicted octanol–water partition coefficient (Wildman–Crippen LogP) is 4.89. The van der Waals surface area contributed by atoms with Crippen LogP contribution in [0, 0.1) is 5.41 Å². The van der Waals surface area contributed by atoms with E-state index in [1.54, 1.807) is 11.3 Å². The van der Waals surface area contributed by atoms with Gasteiger partial charge in [-0.25, -0.2) is 9.97 Å². The number of nitrogens with zero attached hydrogens (tertiary/aromatic N) is 4. The Morgan fingerprint density at radius 3 is 2.77 bits per heavy atom. The van der Waals surface area contributed by atoms with Crippen LogP contribution >= 0.6 is 11.3 Å². The monoisotopic (exact) mass is 420 g/mol. The largest absolute Gasteiger partial charge is 0.398 e. The molecule has 30 heavy (non-hydrogen) atoms. The van der Waals surface area contributed by atoms with Crippen molar-refractivity contribution in [3.05, 3.63) is 47.0 Å². The molecule has 4 rings (SSSR count). The molecule has 3 heterocycles. The van der Waals surface area contributed by atoms with Crippen LogP contribution in [0.5, 0.6) is 0 Å². The number of hydrogen-bond acceptors (Lipinski definition) is 7. The van der Waals surface area contributed by atoms with Gasteiger partial charge in [-0.3, -0.25) is 0 Å². The first kappa shape index (κ1) is 20.3. The molecule has 0 unspecified atom stereocenters. The molecule has 0 radical (unpaired) electrons. The third kappa shape index (κ3) is 3.89. The molecule has 156 valence electrons. The van der Waals surface area contributed by atoms with Crippen LogP contribution < -0.4 is 10.6 Å². The summed E-state index contributed by atoms with van der Waals surface area (Å²) in [5, 5.41) is 7.83. The van der Waals surface area contributed by atoms with Gasteiger partial charge >= 0.3 is 0 Å². The number of nitrogens with two attached hydrogens (primary N) is 1. The second kappa shape index (κ2) is 8.44. The smallest absolute Gasteiger partial charge is 0.162 e. The van der Waals surface area contributed by atoms with Crippen LogP contribution in [-0.2, 0) is 6.54 Å². The zero-order valence-electron chi connectivity index (χ0n) is 17.6. The number of benzene rings is 1. The van der Waals surface area contributed by atoms with Crippen molar-refractivity contribution >= 4 is 39.3 Å². The van der Waals surface area contributed by atoms with E-state index >= 15 is 0 Å². The third-order valence-electron chi connectivity index (χ3n) is 5.63. The lowest BCUT2D eigenvalue weighted by molar-refractivity contribution is 0.418. The van der Waals surface area contributed by atoms with Crippen LogP contribution in [0.15, 0.2) is 36.5 Å². The molecule has 1 aliphatic heterocycles. The van der Waals surface area contributed by atoms with E-state index < -0.39 is 0 Å². The van der Waals surface area contributed by atoms with Crippen LogP contribution in [0.2, 0.25) is 0 Å². The van der Waals surface area contributed by atoms with E-state index in [9.17, 15) is 0 Å². The fourth-order valence-electron chi connectivity index (χ4n) is 3.79. The lowest BCUT2D eigenvalue weighted by Crippen LogP contribution is -2.30. The van der Waals surface area contributed by atoms with Crippen molar-refractivity contribution in [1.29, 1.82) is 5.41 Å². The van der Waals surface area contributed by atoms with Crippen molar-refractivity contribution in [2.75, 3.05) is 30.8 Å². The lowest BCUT2D eigenvalue weighted by atomic mass is 10.1. The number of rotatable bonds is 6. The van der Waals surface area contributed by atoms with Gasteiger partial charge in [-0.1, -0.05) is 18.7 Å². The van der Waals surface area contributed by atoms with E-state index in [2.05, 4.69) is 29.5 Å². The molecule has 2 aromatic heterocycles. The fourth-order valence-corrected chi connectivity index (χ4v) is 4.96. The van der Waals surface area contributed by atoms with Crippen molar-refractivity contribution in [1.82, 2.24) is 14.9 Å². The van der Waals surface area contributed by atoms with Crippen LogP contribution in [0.1, 0.15) is 36.6 Å². The molecule has 0 saturated carbocycles. The highest BCUT2D eigenvalue weighted by molar-refractivity contribution is 7.19. The Balaban J connectivity index is 1.87. The highest BCUT2D eigenvalue weighted by atomic mass is 32.1. The quantitative estimate of drug-likeness (QED) is 0.438. The Bertz CT molecular complexity index is 1100. The van der Waals surface area contributed by atoms with Gasteiger partial charge in [0.2, 0.25) is 0 Å². The van der Waals surface area contributed by atoms with E-state index in [1.807, 2.05) is 25.1 Å². The minimum Gasteiger partial charge on any atom is -0.398 e. The van der Waals surface area contributed by atoms with Crippen LogP contribution in [0.25, 0.3) is 21.6 Å². The predicted molar refractivity (Wildman–Crippen MR) is 127 cm³/mol. The van der Waals surface area contributed by atoms with Crippen LogP contribution in [0.4, 0.5) is 11.5 Å². The molecule has 1 aliphatic rings. The average Bonchev–Trinajstić information content (AvgIpc) is 3.15. The molecular weight excluding hydrogens is 392 g/mol. The Morgan fingerprint density at radius 1 is 1.30 bits per heavy atom. The van der Waals surface area contributed by atoms with Gasteiger partial charge in [-0.2, -0.15) is 0 Å². The molecule has 1 saturated heterocycles. The highest BCUT2D eigenvalue weighted by Gasteiger charge is 2.21. The molecule has 3 aromatic rings. The number of piperidine rings is 1. The van der Waals surface area contributed by atoms with Crippen molar-refractivity contribution in [3.63, 3.8) is 0 Å². The molecule has 0 bridgehead atoms. The maximum Gasteiger partial charge on any atom is 0.162 e. The summed E-state index contributed by atoms with van der Waals surface area (Å²) >= 11 is 1.76. The molecular formula is C23H28N6S. The van der Waals surface area contributed by atoms with Gasteiger partial charge < -0.3 is 20.9 Å². The molecule has 1 aromatic carbocycles. The number of nitrogens with one attached hydrogen (secondary N) is 1. The Labute approximate surface area is 181 Å². The van der Waals surface area contributed by atoms with Crippen LogP contribution in [-0.4, -0.2) is 41.2 Å². The van der Waals surface area contributed by atoms with Crippen molar-refractivity contribution in [2.24, 2.45) is 0 Å². The topological polar surface area (TPSA) is 82.1 Å². The Kier molecular flexibility index (Phi) is 5.72. The Hall–Kier alpha value is -2.93. The first-order chi connectivity index (χ1) is 14.5. The zero-order valence-corrected chi connectivity index (χ0v) is 18.4. The summed E-state index contributed by atoms with van der Waals surface area (Å²) < 4.78 is 1.13. The van der Waals surface area contributed by atoms with E-state index in [4.69, 9.17) is 21.1 Å². The summed E-state index contributed by atoms with van der Waals surface area (Å²) in [6.07, 6.45) is 4.92. The van der Waals surface area contributed by atoms with Crippen molar-refractivity contribution in [3.8, 4) is 11.4 Å². The van der Waals surface area contributed by atoms with E-state index in [0.29, 0.717) is 17.1 Å². The number of aromatic nitrogens is 2. The highest BCUT2D eigenvalue weighted by Crippen LogP contribution is 2.36. The molecule has 7 heteroatoms. The van der Waals surface area contributed by atoms with E-state index in [-0.39, 0.29) is 0 Å². The second-order valence-electron chi connectivity index (χ2n) is 7.89. The molecule has 3 N–H and O–H groups in total. The second-order valence-corrected chi connectivity index (χ2v) is 9.03. The van der Waals surface area contributed by atoms with Gasteiger partial charge in [0.05, 0.1) is 16.8 Å². The third-order valence-corrected chi connectivity index (χ3v) is 6.74. The number of nitrogen functional groups attached to an aromatic ring is 1. The van der Waals surface area contributed by atoms with Gasteiger partial charge in [-0.05, 0) is 38.3 Å². The minimum absolute atomic E-state index is 0.569. The molecule has 6 nitrogen and oxygen atoms in total. The lowest BCUT2D eigenvalue weighted by Gasteiger charge is -2.28. The molecule has 1 fully saturated rings. The Morgan fingerprint density at radius 2 is 2.07 bits per heavy atom. The standard InChI is InChI=1S/C23H28N6S/c1-15(2)28(3)14-16-12-20-21(30-16)23(29-10-5-4-6-11-29)27-22(26-20)17-8-7-9-19(25)18(17)13-24/h7-9,12-13,24H,1,4-6,10-11,14,25H2,2-3H3. The fraction of sp³-hybridized carbons (Fsp3) is 0.348. The molecule has 0 aliphatic carbocycles. The normalized spacial score (nSPS) is 14.1. The van der Waals surface area contributed by atoms with Crippen LogP contribution in [0.3, 0.4) is 0 Å². The average molecular weight is 421 g/mol. The summed E-state index contributed by atoms with van der Waals surface area (Å²) in [4.78, 5) is 15.7. The van der Waals surface area contributed by atoms with Gasteiger partial charge in [0.15, 0.2) is 11.6 Å². The SMILES string of the molecule is C=C(C)N(C)Cc1cc2nc(-c3cccc(N)c3C=N)nc(N3CCCCC3)c2s1. The van der Waals surface area contributed by atoms with Crippen molar-refractivity contribution in [2.45, 2.75) is 32.7 Å². The van der Waals surface area contributed by atoms with Gasteiger partial charge in [0.25, 0.3) is 0 Å². The first-order valence-electron chi connectivity index (χ1n) is 10.3. The summed E-state index contributed by atoms with van der Waals surface area (Å²) in [6, 6.07) is 7.81. The molecule has 0 amide bonds. The number of allylic oxidation sites excluding steroid dienone is 1. The van der Waals surface area contributed by atoms with E-state index in [1.165, 1.54) is 30.4 Å². The van der Waals surface area contributed by atoms with E-state index in [0.717, 1.165) is 46.9 Å². The maximum absolute atomic E-state index is 7.83. The number of hydrogen-bond donors (Lipinski definition) is 2. The van der Waals surface area contributed by atoms with Crippen molar-refractivity contribution < 1.29 is 0 Å². The summed E-state index contributed by atoms with van der Waals surface area (Å²) in [5.74, 6) is 1.63. The summed E-state index contributed by atoms with van der Waals surface area (Å²) in [5.41, 5.74) is 10.1. The number of anilines is 2. The van der Waals surface area contributed by atoms with Gasteiger partial charge in [0.1, 0.15) is 0 Å². The first-order valence-corrected chi connectivity index (χ1v) is 11.1. The maximum atomic E-state index is 7.83. The minimum atomic E-state index is 0.569. The molecule has 0 spiro atoms. The zero-order chi connectivity index (χ0) is 21.3. The summed E-state index contributed by atoms with van der Waals surface area (Å²) in [6.45, 7) is 8.88. The summed E-state index contributed by atoms with van der Waals surface area (Å²) in [7, 11) is 2.05.